The first-order valence-corrected chi connectivity index (χ1v) is 12.1. The third-order valence-electron chi connectivity index (χ3n) is 6.81. The van der Waals surface area contributed by atoms with Crippen molar-refractivity contribution in [1.29, 1.82) is 0 Å². The standard InChI is InChI=1S/C26H32N4O4/c1-3-34-25-17-20-18(16-24(25)32-2)10-11-30(26(31)29-12-14-33-15-13-29)23(20)9-8-22-19-6-4-5-7-21(19)27-28-22/h4-7,16-17,23H,3,8-15H2,1-2H3,(H,27,28). The van der Waals surface area contributed by atoms with Crippen molar-refractivity contribution in [2.24, 2.45) is 0 Å². The average Bonchev–Trinajstić information content (AvgIpc) is 3.30. The molecule has 0 spiro atoms. The van der Waals surface area contributed by atoms with Crippen LogP contribution in [0.2, 0.25) is 0 Å². The third-order valence-corrected chi connectivity index (χ3v) is 6.81. The van der Waals surface area contributed by atoms with Crippen LogP contribution in [0, 0.1) is 0 Å². The Balaban J connectivity index is 1.48. The fraction of sp³-hybridized carbons (Fsp3) is 0.462. The Kier molecular flexibility index (Phi) is 6.58. The average molecular weight is 465 g/mol. The van der Waals surface area contributed by atoms with Gasteiger partial charge in [-0.25, -0.2) is 4.79 Å². The van der Waals surface area contributed by atoms with Crippen LogP contribution in [0.3, 0.4) is 0 Å². The number of fused-ring (bicyclic) bond motifs is 2. The van der Waals surface area contributed by atoms with Gasteiger partial charge in [-0.1, -0.05) is 18.2 Å². The first-order chi connectivity index (χ1) is 16.7. The first kappa shape index (κ1) is 22.5. The van der Waals surface area contributed by atoms with Crippen molar-refractivity contribution in [1.82, 2.24) is 20.0 Å². The van der Waals surface area contributed by atoms with Crippen LogP contribution in [0.25, 0.3) is 10.9 Å². The van der Waals surface area contributed by atoms with Crippen LogP contribution in [0.4, 0.5) is 4.79 Å². The van der Waals surface area contributed by atoms with Crippen molar-refractivity contribution in [2.45, 2.75) is 32.2 Å². The molecule has 34 heavy (non-hydrogen) atoms. The molecule has 1 aromatic heterocycles. The molecular formula is C26H32N4O4. The number of aromatic nitrogens is 2. The molecule has 1 unspecified atom stereocenters. The maximum Gasteiger partial charge on any atom is 0.320 e. The van der Waals surface area contributed by atoms with Gasteiger partial charge in [-0.2, -0.15) is 5.10 Å². The summed E-state index contributed by atoms with van der Waals surface area (Å²) in [4.78, 5) is 17.5. The number of ether oxygens (including phenoxy) is 3. The SMILES string of the molecule is CCOc1cc2c(cc1OC)CCN(C(=O)N1CCOCC1)C2CCc1n[nH]c2ccccc12. The zero-order chi connectivity index (χ0) is 23.5. The molecule has 1 saturated heterocycles. The van der Waals surface area contributed by atoms with Crippen LogP contribution in [-0.2, 0) is 17.6 Å². The highest BCUT2D eigenvalue weighted by Crippen LogP contribution is 2.40. The van der Waals surface area contributed by atoms with Crippen LogP contribution in [0.15, 0.2) is 36.4 Å². The number of aryl methyl sites for hydroxylation is 1. The molecule has 1 fully saturated rings. The van der Waals surface area contributed by atoms with E-state index in [0.717, 1.165) is 52.9 Å². The molecule has 0 radical (unpaired) electrons. The zero-order valence-corrected chi connectivity index (χ0v) is 19.9. The maximum atomic E-state index is 13.6. The molecule has 1 N–H and O–H groups in total. The van der Waals surface area contributed by atoms with Crippen molar-refractivity contribution in [2.75, 3.05) is 46.6 Å². The van der Waals surface area contributed by atoms with Gasteiger partial charge in [-0.15, -0.1) is 0 Å². The number of urea groups is 1. The van der Waals surface area contributed by atoms with Crippen LogP contribution in [0.1, 0.15) is 36.2 Å². The fourth-order valence-corrected chi connectivity index (χ4v) is 5.10. The number of morpholine rings is 1. The molecule has 3 heterocycles. The van der Waals surface area contributed by atoms with E-state index >= 15 is 0 Å². The fourth-order valence-electron chi connectivity index (χ4n) is 5.10. The van der Waals surface area contributed by atoms with Gasteiger partial charge in [0.05, 0.1) is 44.2 Å². The Morgan fingerprint density at radius 1 is 1.18 bits per heavy atom. The van der Waals surface area contributed by atoms with Gasteiger partial charge < -0.3 is 24.0 Å². The monoisotopic (exact) mass is 464 g/mol. The van der Waals surface area contributed by atoms with Gasteiger partial charge >= 0.3 is 6.03 Å². The quantitative estimate of drug-likeness (QED) is 0.598. The van der Waals surface area contributed by atoms with Crippen LogP contribution < -0.4 is 9.47 Å². The third kappa shape index (κ3) is 4.30. The largest absolute Gasteiger partial charge is 0.493 e. The van der Waals surface area contributed by atoms with Gasteiger partial charge in [0, 0.05) is 25.0 Å². The number of benzene rings is 2. The molecule has 3 aromatic rings. The number of nitrogens with zero attached hydrogens (tertiary/aromatic N) is 3. The number of nitrogens with one attached hydrogen (secondary N) is 1. The molecule has 1 atom stereocenters. The highest BCUT2D eigenvalue weighted by atomic mass is 16.5. The van der Waals surface area contributed by atoms with Crippen molar-refractivity contribution in [3.8, 4) is 11.5 Å². The lowest BCUT2D eigenvalue weighted by Gasteiger charge is -2.41. The minimum absolute atomic E-state index is 0.0698. The maximum absolute atomic E-state index is 13.6. The molecular weight excluding hydrogens is 432 g/mol. The molecule has 0 aliphatic carbocycles. The number of rotatable bonds is 6. The Hall–Kier alpha value is -3.26. The number of aromatic amines is 1. The molecule has 8 nitrogen and oxygen atoms in total. The van der Waals surface area contributed by atoms with E-state index in [9.17, 15) is 4.79 Å². The molecule has 2 amide bonds. The summed E-state index contributed by atoms with van der Waals surface area (Å²) in [5.41, 5.74) is 4.41. The summed E-state index contributed by atoms with van der Waals surface area (Å²) in [6.45, 7) is 5.63. The van der Waals surface area contributed by atoms with Crippen molar-refractivity contribution in [3.05, 3.63) is 53.2 Å². The topological polar surface area (TPSA) is 79.9 Å². The van der Waals surface area contributed by atoms with E-state index < -0.39 is 0 Å². The number of hydrogen-bond acceptors (Lipinski definition) is 5. The normalized spacial score (nSPS) is 18.1. The number of methoxy groups -OCH3 is 1. The zero-order valence-electron chi connectivity index (χ0n) is 19.9. The van der Waals surface area contributed by atoms with Gasteiger partial charge in [-0.05, 0) is 55.5 Å². The number of hydrogen-bond donors (Lipinski definition) is 1. The number of H-pyrrole nitrogens is 1. The predicted octanol–water partition coefficient (Wildman–Crippen LogP) is 3.95. The Labute approximate surface area is 199 Å². The summed E-state index contributed by atoms with van der Waals surface area (Å²) < 4.78 is 17.0. The number of amides is 2. The van der Waals surface area contributed by atoms with Gasteiger partial charge in [0.25, 0.3) is 0 Å². The smallest absolute Gasteiger partial charge is 0.320 e. The second-order valence-electron chi connectivity index (χ2n) is 8.73. The minimum Gasteiger partial charge on any atom is -0.493 e. The lowest BCUT2D eigenvalue weighted by atomic mass is 9.88. The van der Waals surface area contributed by atoms with Crippen LogP contribution in [0.5, 0.6) is 11.5 Å². The summed E-state index contributed by atoms with van der Waals surface area (Å²) in [6, 6.07) is 12.3. The molecule has 2 aliphatic heterocycles. The van der Waals surface area contributed by atoms with Gasteiger partial charge in [0.15, 0.2) is 11.5 Å². The summed E-state index contributed by atoms with van der Waals surface area (Å²) in [5.74, 6) is 1.46. The van der Waals surface area contributed by atoms with Crippen molar-refractivity contribution in [3.63, 3.8) is 0 Å². The molecule has 0 saturated carbocycles. The lowest BCUT2D eigenvalue weighted by Crippen LogP contribution is -2.51. The van der Waals surface area contributed by atoms with E-state index in [1.807, 2.05) is 34.9 Å². The molecule has 0 bridgehead atoms. The van der Waals surface area contributed by atoms with E-state index in [-0.39, 0.29) is 12.1 Å². The first-order valence-electron chi connectivity index (χ1n) is 12.1. The van der Waals surface area contributed by atoms with E-state index in [1.54, 1.807) is 7.11 Å². The Morgan fingerprint density at radius 2 is 2.00 bits per heavy atom. The lowest BCUT2D eigenvalue weighted by molar-refractivity contribution is 0.0376. The summed E-state index contributed by atoms with van der Waals surface area (Å²) in [6.07, 6.45) is 2.32. The Bertz CT molecular complexity index is 1150. The van der Waals surface area contributed by atoms with Gasteiger partial charge in [0.1, 0.15) is 0 Å². The molecule has 2 aliphatic rings. The minimum atomic E-state index is -0.0698. The van der Waals surface area contributed by atoms with Gasteiger partial charge in [-0.3, -0.25) is 5.10 Å². The molecule has 5 rings (SSSR count). The predicted molar refractivity (Wildman–Crippen MR) is 130 cm³/mol. The Morgan fingerprint density at radius 3 is 2.79 bits per heavy atom. The second-order valence-corrected chi connectivity index (χ2v) is 8.73. The van der Waals surface area contributed by atoms with Crippen molar-refractivity contribution < 1.29 is 19.0 Å². The highest BCUT2D eigenvalue weighted by Gasteiger charge is 2.35. The van der Waals surface area contributed by atoms with E-state index in [0.29, 0.717) is 39.5 Å². The summed E-state index contributed by atoms with van der Waals surface area (Å²) in [7, 11) is 1.67. The second kappa shape index (κ2) is 9.93. The number of carbonyl (C=O) groups excluding carboxylic acids is 1. The summed E-state index contributed by atoms with van der Waals surface area (Å²) >= 11 is 0. The van der Waals surface area contributed by atoms with E-state index in [4.69, 9.17) is 14.2 Å². The molecule has 8 heteroatoms. The van der Waals surface area contributed by atoms with E-state index in [1.165, 1.54) is 5.56 Å². The highest BCUT2D eigenvalue weighted by molar-refractivity contribution is 5.81. The number of para-hydroxylation sites is 1. The molecule has 2 aromatic carbocycles. The van der Waals surface area contributed by atoms with E-state index in [2.05, 4.69) is 28.4 Å². The number of carbonyl (C=O) groups is 1. The van der Waals surface area contributed by atoms with Crippen LogP contribution in [-0.4, -0.2) is 72.6 Å². The van der Waals surface area contributed by atoms with Crippen LogP contribution >= 0.6 is 0 Å². The van der Waals surface area contributed by atoms with Crippen molar-refractivity contribution >= 4 is 16.9 Å². The summed E-state index contributed by atoms with van der Waals surface area (Å²) in [5, 5.41) is 8.84. The van der Waals surface area contributed by atoms with Gasteiger partial charge in [0.2, 0.25) is 0 Å². The molecule has 180 valence electrons.